The molecule has 2 rings (SSSR count). The first-order chi connectivity index (χ1) is 13.3. The standard InChI is InChI=1S/C25H40N2/c1-3-4-5-6-7-8-9-10-11-15-21-27-22-25(26-23(27)2)20-16-19-24-17-13-12-14-18-24/h12-14,17-18,22H,3-11,15-16,19-21H2,1-2H3. The number of rotatable bonds is 15. The maximum atomic E-state index is 4.77. The second-order valence-electron chi connectivity index (χ2n) is 7.99. The summed E-state index contributed by atoms with van der Waals surface area (Å²) in [5.41, 5.74) is 2.69. The van der Waals surface area contributed by atoms with Gasteiger partial charge in [-0.05, 0) is 38.2 Å². The number of imidazole rings is 1. The smallest absolute Gasteiger partial charge is 0.105 e. The predicted molar refractivity (Wildman–Crippen MR) is 117 cm³/mol. The lowest BCUT2D eigenvalue weighted by molar-refractivity contribution is 0.531. The zero-order chi connectivity index (χ0) is 19.2. The normalized spacial score (nSPS) is 11.2. The van der Waals surface area contributed by atoms with Gasteiger partial charge in [0, 0.05) is 12.7 Å². The zero-order valence-electron chi connectivity index (χ0n) is 17.8. The Balaban J connectivity index is 1.54. The van der Waals surface area contributed by atoms with Crippen LogP contribution in [0.2, 0.25) is 0 Å². The minimum Gasteiger partial charge on any atom is -0.335 e. The molecule has 0 N–H and O–H groups in total. The van der Waals surface area contributed by atoms with E-state index in [2.05, 4.69) is 54.9 Å². The van der Waals surface area contributed by atoms with Crippen LogP contribution in [0.3, 0.4) is 0 Å². The van der Waals surface area contributed by atoms with Gasteiger partial charge in [0.25, 0.3) is 0 Å². The van der Waals surface area contributed by atoms with Crippen LogP contribution in [0.5, 0.6) is 0 Å². The van der Waals surface area contributed by atoms with Gasteiger partial charge in [-0.25, -0.2) is 4.98 Å². The van der Waals surface area contributed by atoms with Crippen molar-refractivity contribution in [2.75, 3.05) is 0 Å². The van der Waals surface area contributed by atoms with Crippen LogP contribution in [-0.4, -0.2) is 9.55 Å². The lowest BCUT2D eigenvalue weighted by Crippen LogP contribution is -1.99. The van der Waals surface area contributed by atoms with E-state index in [9.17, 15) is 0 Å². The molecule has 1 heterocycles. The van der Waals surface area contributed by atoms with Crippen LogP contribution in [0, 0.1) is 6.92 Å². The Kier molecular flexibility index (Phi) is 10.9. The molecule has 2 nitrogen and oxygen atoms in total. The molecule has 1 aromatic heterocycles. The van der Waals surface area contributed by atoms with E-state index >= 15 is 0 Å². The maximum absolute atomic E-state index is 4.77. The van der Waals surface area contributed by atoms with Gasteiger partial charge in [0.1, 0.15) is 5.82 Å². The first kappa shape index (κ1) is 21.7. The van der Waals surface area contributed by atoms with Crippen molar-refractivity contribution in [3.05, 3.63) is 53.6 Å². The number of nitrogens with zero attached hydrogens (tertiary/aromatic N) is 2. The molecule has 2 aromatic rings. The highest BCUT2D eigenvalue weighted by atomic mass is 15.1. The Bertz CT molecular complexity index is 600. The number of aromatic nitrogens is 2. The average Bonchev–Trinajstić information content (AvgIpc) is 3.03. The summed E-state index contributed by atoms with van der Waals surface area (Å²) in [6.45, 7) is 5.57. The first-order valence-corrected chi connectivity index (χ1v) is 11.4. The van der Waals surface area contributed by atoms with Gasteiger partial charge in [-0.3, -0.25) is 0 Å². The molecule has 0 aliphatic rings. The van der Waals surface area contributed by atoms with Crippen molar-refractivity contribution in [3.63, 3.8) is 0 Å². The van der Waals surface area contributed by atoms with Crippen LogP contribution in [-0.2, 0) is 19.4 Å². The Morgan fingerprint density at radius 1 is 0.741 bits per heavy atom. The summed E-state index contributed by atoms with van der Waals surface area (Å²) in [6.07, 6.45) is 19.7. The molecule has 0 bridgehead atoms. The molecule has 0 radical (unpaired) electrons. The van der Waals surface area contributed by atoms with Gasteiger partial charge in [-0.15, -0.1) is 0 Å². The highest BCUT2D eigenvalue weighted by molar-refractivity contribution is 5.15. The Morgan fingerprint density at radius 2 is 1.37 bits per heavy atom. The van der Waals surface area contributed by atoms with Crippen molar-refractivity contribution < 1.29 is 0 Å². The topological polar surface area (TPSA) is 17.8 Å². The minimum absolute atomic E-state index is 1.08. The van der Waals surface area contributed by atoms with E-state index in [1.807, 2.05) is 0 Å². The molecule has 0 spiro atoms. The van der Waals surface area contributed by atoms with E-state index in [1.165, 1.54) is 87.7 Å². The third kappa shape index (κ3) is 9.26. The van der Waals surface area contributed by atoms with Gasteiger partial charge in [-0.1, -0.05) is 95.0 Å². The van der Waals surface area contributed by atoms with Gasteiger partial charge in [0.05, 0.1) is 5.69 Å². The molecule has 0 saturated heterocycles. The van der Waals surface area contributed by atoms with Gasteiger partial charge >= 0.3 is 0 Å². The summed E-state index contributed by atoms with van der Waals surface area (Å²) in [5.74, 6) is 1.18. The van der Waals surface area contributed by atoms with Crippen molar-refractivity contribution >= 4 is 0 Å². The van der Waals surface area contributed by atoms with Crippen LogP contribution >= 0.6 is 0 Å². The van der Waals surface area contributed by atoms with E-state index in [4.69, 9.17) is 4.98 Å². The molecule has 0 unspecified atom stereocenters. The van der Waals surface area contributed by atoms with Crippen LogP contribution < -0.4 is 0 Å². The average molecular weight is 369 g/mol. The Morgan fingerprint density at radius 3 is 2.04 bits per heavy atom. The monoisotopic (exact) mass is 368 g/mol. The molecule has 0 fully saturated rings. The van der Waals surface area contributed by atoms with Gasteiger partial charge < -0.3 is 4.57 Å². The van der Waals surface area contributed by atoms with E-state index in [1.54, 1.807) is 0 Å². The summed E-state index contributed by atoms with van der Waals surface area (Å²) < 4.78 is 2.36. The zero-order valence-corrected chi connectivity index (χ0v) is 17.8. The summed E-state index contributed by atoms with van der Waals surface area (Å²) in [6, 6.07) is 10.8. The molecule has 0 atom stereocenters. The second-order valence-corrected chi connectivity index (χ2v) is 7.99. The predicted octanol–water partition coefficient (Wildman–Crippen LogP) is 7.29. The summed E-state index contributed by atoms with van der Waals surface area (Å²) in [7, 11) is 0. The molecule has 0 aliphatic carbocycles. The van der Waals surface area contributed by atoms with Crippen molar-refractivity contribution in [1.82, 2.24) is 9.55 Å². The molecule has 0 amide bonds. The van der Waals surface area contributed by atoms with Crippen LogP contribution in [0.1, 0.15) is 94.6 Å². The van der Waals surface area contributed by atoms with Crippen LogP contribution in [0.4, 0.5) is 0 Å². The number of hydrogen-bond donors (Lipinski definition) is 0. The molecule has 0 aliphatic heterocycles. The summed E-state index contributed by atoms with van der Waals surface area (Å²) >= 11 is 0. The second kappa shape index (κ2) is 13.6. The van der Waals surface area contributed by atoms with Gasteiger partial charge in [0.2, 0.25) is 0 Å². The van der Waals surface area contributed by atoms with Crippen molar-refractivity contribution in [2.45, 2.75) is 104 Å². The maximum Gasteiger partial charge on any atom is 0.105 e. The number of aryl methyl sites for hydroxylation is 4. The van der Waals surface area contributed by atoms with E-state index in [0.717, 1.165) is 19.4 Å². The van der Waals surface area contributed by atoms with E-state index in [0.29, 0.717) is 0 Å². The fourth-order valence-electron chi connectivity index (χ4n) is 3.81. The van der Waals surface area contributed by atoms with E-state index in [-0.39, 0.29) is 0 Å². The van der Waals surface area contributed by atoms with Crippen molar-refractivity contribution in [3.8, 4) is 0 Å². The van der Waals surface area contributed by atoms with Crippen LogP contribution in [0.25, 0.3) is 0 Å². The molecule has 2 heteroatoms. The molecular weight excluding hydrogens is 328 g/mol. The number of benzene rings is 1. The van der Waals surface area contributed by atoms with Crippen molar-refractivity contribution in [1.29, 1.82) is 0 Å². The van der Waals surface area contributed by atoms with Crippen molar-refractivity contribution in [2.24, 2.45) is 0 Å². The molecule has 1 aromatic carbocycles. The quantitative estimate of drug-likeness (QED) is 0.302. The lowest BCUT2D eigenvalue weighted by atomic mass is 10.1. The lowest BCUT2D eigenvalue weighted by Gasteiger charge is -2.05. The Labute approximate surface area is 167 Å². The third-order valence-corrected chi connectivity index (χ3v) is 5.52. The first-order valence-electron chi connectivity index (χ1n) is 11.4. The molecule has 0 saturated carbocycles. The fraction of sp³-hybridized carbons (Fsp3) is 0.640. The Hall–Kier alpha value is -1.57. The number of unbranched alkanes of at least 4 members (excludes halogenated alkanes) is 9. The molecular formula is C25H40N2. The fourth-order valence-corrected chi connectivity index (χ4v) is 3.81. The largest absolute Gasteiger partial charge is 0.335 e. The van der Waals surface area contributed by atoms with Gasteiger partial charge in [-0.2, -0.15) is 0 Å². The van der Waals surface area contributed by atoms with E-state index < -0.39 is 0 Å². The van der Waals surface area contributed by atoms with Crippen LogP contribution in [0.15, 0.2) is 36.5 Å². The van der Waals surface area contributed by atoms with Gasteiger partial charge in [0.15, 0.2) is 0 Å². The summed E-state index contributed by atoms with van der Waals surface area (Å²) in [5, 5.41) is 0. The SMILES string of the molecule is CCCCCCCCCCCCn1cc(CCCc2ccccc2)nc1C. The minimum atomic E-state index is 1.08. The highest BCUT2D eigenvalue weighted by Crippen LogP contribution is 2.13. The third-order valence-electron chi connectivity index (χ3n) is 5.52. The summed E-state index contributed by atoms with van der Waals surface area (Å²) in [4.78, 5) is 4.77. The highest BCUT2D eigenvalue weighted by Gasteiger charge is 2.04. The molecule has 27 heavy (non-hydrogen) atoms. The molecule has 150 valence electrons. The number of hydrogen-bond acceptors (Lipinski definition) is 1.